The molecule has 1 aliphatic rings. The van der Waals surface area contributed by atoms with Gasteiger partial charge in [-0.15, -0.1) is 0 Å². The van der Waals surface area contributed by atoms with Crippen molar-refractivity contribution in [3.8, 4) is 0 Å². The lowest BCUT2D eigenvalue weighted by atomic mass is 10.2. The van der Waals surface area contributed by atoms with Crippen LogP contribution in [0.2, 0.25) is 10.3 Å². The van der Waals surface area contributed by atoms with E-state index in [2.05, 4.69) is 25.2 Å². The fraction of sp³-hybridized carbons (Fsp3) is 0.357. The second-order valence-electron chi connectivity index (χ2n) is 4.91. The van der Waals surface area contributed by atoms with Crippen molar-refractivity contribution in [3.05, 3.63) is 40.1 Å². The molecule has 0 atom stereocenters. The number of nitrogens with one attached hydrogen (secondary N) is 1. The molecular weight excluding hydrogens is 309 g/mol. The molecule has 2 aromatic rings. The second kappa shape index (κ2) is 6.45. The number of nitrogens with zero attached hydrogens (tertiary/aromatic N) is 4. The molecule has 0 radical (unpaired) electrons. The summed E-state index contributed by atoms with van der Waals surface area (Å²) in [6.07, 6.45) is 2.32. The van der Waals surface area contributed by atoms with Crippen LogP contribution in [0.3, 0.4) is 0 Å². The molecule has 0 bridgehead atoms. The van der Waals surface area contributed by atoms with Crippen LogP contribution in [0.5, 0.6) is 0 Å². The highest BCUT2D eigenvalue weighted by Crippen LogP contribution is 2.19. The average molecular weight is 324 g/mol. The molecule has 0 saturated carbocycles. The standard InChI is InChI=1S/C14H15Cl2N5/c15-11-5-3-4-10(8-11)9-17-13-18-12(16)19-14(20-13)21-6-1-2-7-21/h3-5,8H,1-2,6-7,9H2,(H,17,18,19,20). The first-order valence-electron chi connectivity index (χ1n) is 6.85. The highest BCUT2D eigenvalue weighted by molar-refractivity contribution is 6.30. The van der Waals surface area contributed by atoms with Crippen LogP contribution in [-0.4, -0.2) is 28.0 Å². The quantitative estimate of drug-likeness (QED) is 0.934. The minimum atomic E-state index is 0.209. The van der Waals surface area contributed by atoms with Gasteiger partial charge in [0.15, 0.2) is 0 Å². The molecule has 7 heteroatoms. The van der Waals surface area contributed by atoms with Crippen molar-refractivity contribution >= 4 is 35.1 Å². The van der Waals surface area contributed by atoms with E-state index in [9.17, 15) is 0 Å². The molecule has 0 unspecified atom stereocenters. The van der Waals surface area contributed by atoms with E-state index < -0.39 is 0 Å². The van der Waals surface area contributed by atoms with Gasteiger partial charge in [-0.3, -0.25) is 0 Å². The Kier molecular flexibility index (Phi) is 4.41. The third kappa shape index (κ3) is 3.74. The summed E-state index contributed by atoms with van der Waals surface area (Å²) in [6, 6.07) is 7.65. The highest BCUT2D eigenvalue weighted by Gasteiger charge is 2.16. The Labute approximate surface area is 133 Å². The number of aromatic nitrogens is 3. The predicted molar refractivity (Wildman–Crippen MR) is 85.1 cm³/mol. The fourth-order valence-corrected chi connectivity index (χ4v) is 2.67. The van der Waals surface area contributed by atoms with Crippen molar-refractivity contribution in [1.82, 2.24) is 15.0 Å². The van der Waals surface area contributed by atoms with Crippen LogP contribution >= 0.6 is 23.2 Å². The Hall–Kier alpha value is -1.59. The summed E-state index contributed by atoms with van der Waals surface area (Å²) in [6.45, 7) is 2.52. The van der Waals surface area contributed by atoms with Crippen molar-refractivity contribution in [2.24, 2.45) is 0 Å². The van der Waals surface area contributed by atoms with Gasteiger partial charge in [0.1, 0.15) is 0 Å². The van der Waals surface area contributed by atoms with E-state index in [1.165, 1.54) is 0 Å². The fourth-order valence-electron chi connectivity index (χ4n) is 2.31. The Balaban J connectivity index is 1.72. The van der Waals surface area contributed by atoms with Gasteiger partial charge >= 0.3 is 0 Å². The predicted octanol–water partition coefficient (Wildman–Crippen LogP) is 3.39. The maximum absolute atomic E-state index is 5.99. The van der Waals surface area contributed by atoms with Gasteiger partial charge in [-0.1, -0.05) is 23.7 Å². The summed E-state index contributed by atoms with van der Waals surface area (Å²) in [5, 5.41) is 4.08. The molecule has 1 aromatic carbocycles. The molecule has 3 rings (SSSR count). The van der Waals surface area contributed by atoms with E-state index >= 15 is 0 Å². The first-order chi connectivity index (χ1) is 10.2. The molecule has 1 aliphatic heterocycles. The number of anilines is 2. The Bertz CT molecular complexity index is 629. The smallest absolute Gasteiger partial charge is 0.231 e. The van der Waals surface area contributed by atoms with Crippen LogP contribution < -0.4 is 10.2 Å². The van der Waals surface area contributed by atoms with E-state index in [0.717, 1.165) is 31.5 Å². The van der Waals surface area contributed by atoms with Crippen molar-refractivity contribution in [3.63, 3.8) is 0 Å². The maximum atomic E-state index is 5.99. The monoisotopic (exact) mass is 323 g/mol. The minimum absolute atomic E-state index is 0.209. The molecule has 0 aliphatic carbocycles. The summed E-state index contributed by atoms with van der Waals surface area (Å²) in [4.78, 5) is 14.9. The molecule has 0 amide bonds. The first-order valence-corrected chi connectivity index (χ1v) is 7.61. The molecule has 1 fully saturated rings. The van der Waals surface area contributed by atoms with E-state index in [0.29, 0.717) is 23.5 Å². The molecule has 5 nitrogen and oxygen atoms in total. The van der Waals surface area contributed by atoms with Crippen LogP contribution in [0.1, 0.15) is 18.4 Å². The van der Waals surface area contributed by atoms with Gasteiger partial charge in [-0.2, -0.15) is 15.0 Å². The van der Waals surface area contributed by atoms with Gasteiger partial charge in [0, 0.05) is 24.7 Å². The van der Waals surface area contributed by atoms with Crippen molar-refractivity contribution < 1.29 is 0 Å². The molecular formula is C14H15Cl2N5. The van der Waals surface area contributed by atoms with E-state index in [1.54, 1.807) is 0 Å². The summed E-state index contributed by atoms with van der Waals surface area (Å²) < 4.78 is 0. The van der Waals surface area contributed by atoms with Crippen LogP contribution in [0.4, 0.5) is 11.9 Å². The van der Waals surface area contributed by atoms with Crippen LogP contribution in [0, 0.1) is 0 Å². The average Bonchev–Trinajstić information content (AvgIpc) is 2.99. The van der Waals surface area contributed by atoms with Crippen molar-refractivity contribution in [1.29, 1.82) is 0 Å². The number of halogens is 2. The Morgan fingerprint density at radius 1 is 1.10 bits per heavy atom. The SMILES string of the molecule is Clc1cccc(CNc2nc(Cl)nc(N3CCCC3)n2)c1. The number of hydrogen-bond donors (Lipinski definition) is 1. The van der Waals surface area contributed by atoms with E-state index in [1.807, 2.05) is 24.3 Å². The minimum Gasteiger partial charge on any atom is -0.350 e. The van der Waals surface area contributed by atoms with Crippen LogP contribution in [0.25, 0.3) is 0 Å². The van der Waals surface area contributed by atoms with E-state index in [4.69, 9.17) is 23.2 Å². The zero-order valence-electron chi connectivity index (χ0n) is 11.4. The molecule has 110 valence electrons. The largest absolute Gasteiger partial charge is 0.350 e. The van der Waals surface area contributed by atoms with Crippen LogP contribution in [0.15, 0.2) is 24.3 Å². The molecule has 1 aromatic heterocycles. The highest BCUT2D eigenvalue weighted by atomic mass is 35.5. The lowest BCUT2D eigenvalue weighted by Gasteiger charge is -2.15. The van der Waals surface area contributed by atoms with Gasteiger partial charge in [0.2, 0.25) is 17.2 Å². The third-order valence-corrected chi connectivity index (χ3v) is 3.73. The number of benzene rings is 1. The molecule has 21 heavy (non-hydrogen) atoms. The lowest BCUT2D eigenvalue weighted by Crippen LogP contribution is -2.21. The summed E-state index contributed by atoms with van der Waals surface area (Å²) in [5.74, 6) is 1.12. The van der Waals surface area contributed by atoms with Crippen molar-refractivity contribution in [2.45, 2.75) is 19.4 Å². The molecule has 2 heterocycles. The summed E-state index contributed by atoms with van der Waals surface area (Å²) >= 11 is 12.0. The zero-order valence-corrected chi connectivity index (χ0v) is 12.9. The molecule has 1 saturated heterocycles. The van der Waals surface area contributed by atoms with Gasteiger partial charge in [0.25, 0.3) is 0 Å². The van der Waals surface area contributed by atoms with Gasteiger partial charge < -0.3 is 10.2 Å². The molecule has 0 spiro atoms. The normalized spacial score (nSPS) is 14.5. The Morgan fingerprint density at radius 2 is 1.90 bits per heavy atom. The van der Waals surface area contributed by atoms with Gasteiger partial charge in [-0.05, 0) is 42.1 Å². The zero-order chi connectivity index (χ0) is 14.7. The molecule has 1 N–H and O–H groups in total. The number of hydrogen-bond acceptors (Lipinski definition) is 5. The second-order valence-corrected chi connectivity index (χ2v) is 5.68. The van der Waals surface area contributed by atoms with Crippen molar-refractivity contribution in [2.75, 3.05) is 23.3 Å². The lowest BCUT2D eigenvalue weighted by molar-refractivity contribution is 0.876. The first kappa shape index (κ1) is 14.4. The van der Waals surface area contributed by atoms with Gasteiger partial charge in [0.05, 0.1) is 0 Å². The summed E-state index contributed by atoms with van der Waals surface area (Å²) in [5.41, 5.74) is 1.06. The number of rotatable bonds is 4. The van der Waals surface area contributed by atoms with Gasteiger partial charge in [-0.25, -0.2) is 0 Å². The van der Waals surface area contributed by atoms with E-state index in [-0.39, 0.29) is 5.28 Å². The maximum Gasteiger partial charge on any atom is 0.231 e. The summed E-state index contributed by atoms with van der Waals surface area (Å²) in [7, 11) is 0. The third-order valence-electron chi connectivity index (χ3n) is 3.32. The van der Waals surface area contributed by atoms with Crippen LogP contribution in [-0.2, 0) is 6.54 Å². The topological polar surface area (TPSA) is 53.9 Å². The Morgan fingerprint density at radius 3 is 2.67 bits per heavy atom.